The quantitative estimate of drug-likeness (QED) is 0.532. The number of anilines is 1. The van der Waals surface area contributed by atoms with E-state index in [2.05, 4.69) is 20.3 Å². The molecule has 0 fully saturated rings. The van der Waals surface area contributed by atoms with Crippen molar-refractivity contribution in [2.75, 3.05) is 24.4 Å². The standard InChI is InChI=1S/C12H15N7O6S/c1-7(20)8-5-4-6-19(8)18-26(22,23)17-10(21)13-9-14-11(24-2)16-12(15-9)25-3/h4-6,18H,1-3H3,(H2,13,14,15,16,17,21). The summed E-state index contributed by atoms with van der Waals surface area (Å²) in [5.74, 6) is -0.668. The Balaban J connectivity index is 2.09. The van der Waals surface area contributed by atoms with Crippen LogP contribution in [0.2, 0.25) is 0 Å². The first-order valence-corrected chi connectivity index (χ1v) is 8.36. The maximum absolute atomic E-state index is 12.0. The number of Topliss-reactive ketones (excluding diaryl/α,β-unsaturated/α-hetero) is 1. The van der Waals surface area contributed by atoms with Gasteiger partial charge in [0, 0.05) is 13.1 Å². The van der Waals surface area contributed by atoms with E-state index in [-0.39, 0.29) is 29.4 Å². The SMILES string of the molecule is COc1nc(NC(=O)NS(=O)(=O)Nn2cccc2C(C)=O)nc(OC)n1. The number of carbonyl (C=O) groups is 2. The number of hydrogen-bond acceptors (Lipinski definition) is 9. The van der Waals surface area contributed by atoms with E-state index in [1.165, 1.54) is 39.5 Å². The summed E-state index contributed by atoms with van der Waals surface area (Å²) in [6, 6.07) is 1.42. The van der Waals surface area contributed by atoms with Crippen LogP contribution in [-0.2, 0) is 10.2 Å². The Morgan fingerprint density at radius 2 is 1.73 bits per heavy atom. The van der Waals surface area contributed by atoms with Crippen LogP contribution in [0.3, 0.4) is 0 Å². The second-order valence-electron chi connectivity index (χ2n) is 4.60. The smallest absolute Gasteiger partial charge is 0.338 e. The van der Waals surface area contributed by atoms with Gasteiger partial charge in [0.2, 0.25) is 5.95 Å². The van der Waals surface area contributed by atoms with Gasteiger partial charge in [0.15, 0.2) is 5.78 Å². The minimum absolute atomic E-state index is 0.0859. The van der Waals surface area contributed by atoms with Crippen molar-refractivity contribution >= 4 is 28.0 Å². The highest BCUT2D eigenvalue weighted by Crippen LogP contribution is 2.11. The molecule has 0 aliphatic heterocycles. The van der Waals surface area contributed by atoms with Crippen LogP contribution >= 0.6 is 0 Å². The van der Waals surface area contributed by atoms with Crippen molar-refractivity contribution in [3.63, 3.8) is 0 Å². The molecular formula is C12H15N7O6S. The van der Waals surface area contributed by atoms with Gasteiger partial charge < -0.3 is 9.47 Å². The zero-order valence-corrected chi connectivity index (χ0v) is 14.7. The lowest BCUT2D eigenvalue weighted by atomic mass is 10.3. The van der Waals surface area contributed by atoms with Gasteiger partial charge >= 0.3 is 28.3 Å². The predicted octanol–water partition coefficient (Wildman–Crippen LogP) is -0.497. The highest BCUT2D eigenvalue weighted by molar-refractivity contribution is 7.90. The molecule has 13 nitrogen and oxygen atoms in total. The lowest BCUT2D eigenvalue weighted by Crippen LogP contribution is -2.41. The summed E-state index contributed by atoms with van der Waals surface area (Å²) in [5, 5.41) is 2.10. The van der Waals surface area contributed by atoms with E-state index >= 15 is 0 Å². The molecule has 26 heavy (non-hydrogen) atoms. The number of carbonyl (C=O) groups excluding carboxylic acids is 2. The maximum Gasteiger partial charge on any atom is 0.338 e. The number of nitrogens with one attached hydrogen (secondary N) is 3. The van der Waals surface area contributed by atoms with E-state index in [1.807, 2.05) is 4.83 Å². The molecule has 2 heterocycles. The van der Waals surface area contributed by atoms with E-state index in [1.54, 1.807) is 4.72 Å². The molecule has 140 valence electrons. The average molecular weight is 385 g/mol. The summed E-state index contributed by atoms with van der Waals surface area (Å²) in [7, 11) is -1.77. The Hall–Kier alpha value is -3.42. The number of methoxy groups -OCH3 is 2. The summed E-state index contributed by atoms with van der Waals surface area (Å²) in [6.45, 7) is 1.27. The second-order valence-corrected chi connectivity index (χ2v) is 6.00. The number of hydrogen-bond donors (Lipinski definition) is 3. The van der Waals surface area contributed by atoms with Gasteiger partial charge in [-0.15, -0.1) is 4.98 Å². The Morgan fingerprint density at radius 1 is 1.12 bits per heavy atom. The van der Waals surface area contributed by atoms with Crippen molar-refractivity contribution < 1.29 is 27.5 Å². The van der Waals surface area contributed by atoms with E-state index in [9.17, 15) is 18.0 Å². The van der Waals surface area contributed by atoms with Crippen LogP contribution in [0.4, 0.5) is 10.7 Å². The fourth-order valence-corrected chi connectivity index (χ4v) is 2.48. The summed E-state index contributed by atoms with van der Waals surface area (Å²) < 4.78 is 36.2. The van der Waals surface area contributed by atoms with Crippen LogP contribution in [0.5, 0.6) is 12.0 Å². The molecule has 2 rings (SSSR count). The molecular weight excluding hydrogens is 370 g/mol. The van der Waals surface area contributed by atoms with Crippen molar-refractivity contribution in [2.24, 2.45) is 0 Å². The molecule has 14 heteroatoms. The monoisotopic (exact) mass is 385 g/mol. The average Bonchev–Trinajstić information content (AvgIpc) is 3.01. The van der Waals surface area contributed by atoms with Crippen LogP contribution in [0.25, 0.3) is 0 Å². The number of aromatic nitrogens is 4. The summed E-state index contributed by atoms with van der Waals surface area (Å²) in [4.78, 5) is 36.4. The maximum atomic E-state index is 12.0. The molecule has 2 amide bonds. The fraction of sp³-hybridized carbons (Fsp3) is 0.250. The molecule has 0 radical (unpaired) electrons. The van der Waals surface area contributed by atoms with Gasteiger partial charge in [-0.25, -0.2) is 19.0 Å². The molecule has 0 aliphatic carbocycles. The van der Waals surface area contributed by atoms with Gasteiger partial charge in [-0.1, -0.05) is 0 Å². The molecule has 0 aromatic carbocycles. The van der Waals surface area contributed by atoms with Crippen molar-refractivity contribution in [1.82, 2.24) is 24.4 Å². The van der Waals surface area contributed by atoms with E-state index in [0.717, 1.165) is 4.68 Å². The lowest BCUT2D eigenvalue weighted by molar-refractivity contribution is 0.101. The second kappa shape index (κ2) is 7.64. The minimum atomic E-state index is -4.35. The first-order valence-electron chi connectivity index (χ1n) is 6.88. The Morgan fingerprint density at radius 3 is 2.27 bits per heavy atom. The fourth-order valence-electron chi connectivity index (χ4n) is 1.73. The third-order valence-electron chi connectivity index (χ3n) is 2.74. The van der Waals surface area contributed by atoms with Crippen molar-refractivity contribution in [3.8, 4) is 12.0 Å². The molecule has 3 N–H and O–H groups in total. The largest absolute Gasteiger partial charge is 0.467 e. The van der Waals surface area contributed by atoms with Gasteiger partial charge in [-0.3, -0.25) is 10.1 Å². The minimum Gasteiger partial charge on any atom is -0.467 e. The molecule has 0 atom stereocenters. The first kappa shape index (κ1) is 18.9. The Bertz CT molecular complexity index is 904. The molecule has 0 spiro atoms. The predicted molar refractivity (Wildman–Crippen MR) is 87.8 cm³/mol. The van der Waals surface area contributed by atoms with Crippen LogP contribution < -0.4 is 24.3 Å². The van der Waals surface area contributed by atoms with E-state index in [0.29, 0.717) is 0 Å². The van der Waals surface area contributed by atoms with Crippen molar-refractivity contribution in [1.29, 1.82) is 0 Å². The molecule has 0 bridgehead atoms. The molecule has 2 aromatic heterocycles. The van der Waals surface area contributed by atoms with Gasteiger partial charge in [0.25, 0.3) is 0 Å². The molecule has 0 aliphatic rings. The summed E-state index contributed by atoms with van der Waals surface area (Å²) in [6.07, 6.45) is 1.30. The zero-order chi connectivity index (χ0) is 19.3. The van der Waals surface area contributed by atoms with E-state index in [4.69, 9.17) is 9.47 Å². The van der Waals surface area contributed by atoms with Gasteiger partial charge in [0.1, 0.15) is 5.69 Å². The van der Waals surface area contributed by atoms with Gasteiger partial charge in [0.05, 0.1) is 14.2 Å². The van der Waals surface area contributed by atoms with Gasteiger partial charge in [-0.05, 0) is 12.1 Å². The van der Waals surface area contributed by atoms with Crippen molar-refractivity contribution in [2.45, 2.75) is 6.92 Å². The third-order valence-corrected chi connectivity index (χ3v) is 3.63. The highest BCUT2D eigenvalue weighted by atomic mass is 32.2. The molecule has 2 aromatic rings. The number of ketones is 1. The normalized spacial score (nSPS) is 10.7. The first-order chi connectivity index (χ1) is 12.2. The lowest BCUT2D eigenvalue weighted by Gasteiger charge is -2.12. The molecule has 0 unspecified atom stereocenters. The Kier molecular flexibility index (Phi) is 5.56. The topological polar surface area (TPSA) is 166 Å². The zero-order valence-electron chi connectivity index (χ0n) is 13.9. The summed E-state index contributed by atoms with van der Waals surface area (Å²) >= 11 is 0. The molecule has 0 saturated heterocycles. The van der Waals surface area contributed by atoms with Crippen LogP contribution in [0, 0.1) is 0 Å². The van der Waals surface area contributed by atoms with Crippen molar-refractivity contribution in [3.05, 3.63) is 24.0 Å². The number of ether oxygens (including phenoxy) is 2. The van der Waals surface area contributed by atoms with Crippen LogP contribution in [-0.4, -0.2) is 54.1 Å². The number of rotatable bonds is 7. The number of amides is 2. The Labute approximate surface area is 147 Å². The number of urea groups is 1. The van der Waals surface area contributed by atoms with Crippen LogP contribution in [0.15, 0.2) is 18.3 Å². The number of nitrogens with zero attached hydrogens (tertiary/aromatic N) is 4. The van der Waals surface area contributed by atoms with Gasteiger partial charge in [-0.2, -0.15) is 18.4 Å². The van der Waals surface area contributed by atoms with Crippen LogP contribution in [0.1, 0.15) is 17.4 Å². The van der Waals surface area contributed by atoms with E-state index < -0.39 is 16.2 Å². The summed E-state index contributed by atoms with van der Waals surface area (Å²) in [5.41, 5.74) is 0.0859. The molecule has 0 saturated carbocycles. The highest BCUT2D eigenvalue weighted by Gasteiger charge is 2.18. The third kappa shape index (κ3) is 4.79.